The molecule has 0 aliphatic carbocycles. The van der Waals surface area contributed by atoms with E-state index in [1.54, 1.807) is 7.11 Å². The highest BCUT2D eigenvalue weighted by molar-refractivity contribution is 5.89. The Bertz CT molecular complexity index is 431. The largest absolute Gasteiger partial charge is 0.497 e. The fourth-order valence-corrected chi connectivity index (χ4v) is 2.60. The van der Waals surface area contributed by atoms with Crippen LogP contribution >= 0.6 is 0 Å². The van der Waals surface area contributed by atoms with Gasteiger partial charge in [0.05, 0.1) is 7.11 Å². The normalized spacial score (nSPS) is 18.7. The van der Waals surface area contributed by atoms with Crippen molar-refractivity contribution >= 4 is 11.7 Å². The number of hydrogen-bond donors (Lipinski definition) is 2. The van der Waals surface area contributed by atoms with Crippen molar-refractivity contribution in [2.24, 2.45) is 11.7 Å². The molecular weight excluding hydrogens is 254 g/mol. The van der Waals surface area contributed by atoms with Crippen molar-refractivity contribution in [3.63, 3.8) is 0 Å². The molecule has 0 spiro atoms. The molecule has 110 valence electrons. The molecule has 2 amide bonds. The predicted octanol–water partition coefficient (Wildman–Crippen LogP) is 2.29. The van der Waals surface area contributed by atoms with Crippen molar-refractivity contribution in [2.75, 3.05) is 32.1 Å². The van der Waals surface area contributed by atoms with Gasteiger partial charge in [0, 0.05) is 18.8 Å². The number of piperidine rings is 1. The number of methoxy groups -OCH3 is 1. The average molecular weight is 277 g/mol. The smallest absolute Gasteiger partial charge is 0.321 e. The molecule has 0 radical (unpaired) electrons. The number of carbonyl (C=O) groups is 1. The number of likely N-dealkylation sites (tertiary alicyclic amines) is 1. The molecule has 1 heterocycles. The SMILES string of the molecule is COc1ccc(NC(=O)N2CCCC(CCN)C2)cc1. The molecule has 1 saturated heterocycles. The lowest BCUT2D eigenvalue weighted by Crippen LogP contribution is -2.42. The Kier molecular flexibility index (Phi) is 5.24. The zero-order valence-electron chi connectivity index (χ0n) is 12.0. The van der Waals surface area contributed by atoms with E-state index in [0.717, 1.165) is 37.4 Å². The fraction of sp³-hybridized carbons (Fsp3) is 0.533. The van der Waals surface area contributed by atoms with Crippen LogP contribution in [0, 0.1) is 5.92 Å². The Hall–Kier alpha value is -1.75. The van der Waals surface area contributed by atoms with Crippen LogP contribution in [0.1, 0.15) is 19.3 Å². The molecular formula is C15H23N3O2. The van der Waals surface area contributed by atoms with Gasteiger partial charge in [-0.2, -0.15) is 0 Å². The van der Waals surface area contributed by atoms with Crippen LogP contribution in [0.3, 0.4) is 0 Å². The number of nitrogens with two attached hydrogens (primary N) is 1. The van der Waals surface area contributed by atoms with Gasteiger partial charge in [-0.25, -0.2) is 4.79 Å². The molecule has 1 aromatic carbocycles. The summed E-state index contributed by atoms with van der Waals surface area (Å²) in [5.41, 5.74) is 6.39. The van der Waals surface area contributed by atoms with E-state index in [9.17, 15) is 4.79 Å². The highest BCUT2D eigenvalue weighted by Gasteiger charge is 2.23. The van der Waals surface area contributed by atoms with Crippen molar-refractivity contribution in [2.45, 2.75) is 19.3 Å². The average Bonchev–Trinajstić information content (AvgIpc) is 2.48. The number of amides is 2. The third-order valence-corrected chi connectivity index (χ3v) is 3.72. The quantitative estimate of drug-likeness (QED) is 0.887. The maximum Gasteiger partial charge on any atom is 0.321 e. The molecule has 5 nitrogen and oxygen atoms in total. The van der Waals surface area contributed by atoms with Crippen LogP contribution in [0.5, 0.6) is 5.75 Å². The number of rotatable bonds is 4. The molecule has 1 unspecified atom stereocenters. The molecule has 0 aromatic heterocycles. The first-order valence-electron chi connectivity index (χ1n) is 7.13. The molecule has 5 heteroatoms. The van der Waals surface area contributed by atoms with Gasteiger partial charge < -0.3 is 20.7 Å². The van der Waals surface area contributed by atoms with Crippen molar-refractivity contribution in [3.05, 3.63) is 24.3 Å². The van der Waals surface area contributed by atoms with Gasteiger partial charge in [-0.3, -0.25) is 0 Å². The van der Waals surface area contributed by atoms with Gasteiger partial charge >= 0.3 is 6.03 Å². The molecule has 3 N–H and O–H groups in total. The van der Waals surface area contributed by atoms with Crippen molar-refractivity contribution in [3.8, 4) is 5.75 Å². The van der Waals surface area contributed by atoms with E-state index in [4.69, 9.17) is 10.5 Å². The minimum Gasteiger partial charge on any atom is -0.497 e. The summed E-state index contributed by atoms with van der Waals surface area (Å²) in [6, 6.07) is 7.33. The van der Waals surface area contributed by atoms with Crippen LogP contribution in [0.4, 0.5) is 10.5 Å². The number of benzene rings is 1. The van der Waals surface area contributed by atoms with Gasteiger partial charge in [0.25, 0.3) is 0 Å². The van der Waals surface area contributed by atoms with Gasteiger partial charge in [0.2, 0.25) is 0 Å². The molecule has 1 fully saturated rings. The van der Waals surface area contributed by atoms with E-state index < -0.39 is 0 Å². The Balaban J connectivity index is 1.89. The monoisotopic (exact) mass is 277 g/mol. The highest BCUT2D eigenvalue weighted by Crippen LogP contribution is 2.20. The molecule has 0 bridgehead atoms. The second-order valence-corrected chi connectivity index (χ2v) is 5.19. The number of urea groups is 1. The van der Waals surface area contributed by atoms with Crippen LogP contribution < -0.4 is 15.8 Å². The van der Waals surface area contributed by atoms with Crippen molar-refractivity contribution in [1.82, 2.24) is 4.90 Å². The molecule has 1 aliphatic heterocycles. The summed E-state index contributed by atoms with van der Waals surface area (Å²) in [6.07, 6.45) is 3.22. The summed E-state index contributed by atoms with van der Waals surface area (Å²) in [4.78, 5) is 14.1. The first-order valence-corrected chi connectivity index (χ1v) is 7.13. The second kappa shape index (κ2) is 7.14. The fourth-order valence-electron chi connectivity index (χ4n) is 2.60. The maximum absolute atomic E-state index is 12.2. The Labute approximate surface area is 120 Å². The van der Waals surface area contributed by atoms with Crippen molar-refractivity contribution < 1.29 is 9.53 Å². The summed E-state index contributed by atoms with van der Waals surface area (Å²) in [6.45, 7) is 2.32. The Morgan fingerprint density at radius 3 is 2.85 bits per heavy atom. The topological polar surface area (TPSA) is 67.6 Å². The first kappa shape index (κ1) is 14.7. The lowest BCUT2D eigenvalue weighted by atomic mass is 9.95. The standard InChI is InChI=1S/C15H23N3O2/c1-20-14-6-4-13(5-7-14)17-15(19)18-10-2-3-12(11-18)8-9-16/h4-7,12H,2-3,8-11,16H2,1H3,(H,17,19). The molecule has 1 aliphatic rings. The van der Waals surface area contributed by atoms with Gasteiger partial charge in [-0.15, -0.1) is 0 Å². The number of carbonyl (C=O) groups excluding carboxylic acids is 1. The number of anilines is 1. The van der Waals surface area contributed by atoms with Crippen LogP contribution in [-0.4, -0.2) is 37.7 Å². The second-order valence-electron chi connectivity index (χ2n) is 5.19. The zero-order valence-corrected chi connectivity index (χ0v) is 12.0. The lowest BCUT2D eigenvalue weighted by Gasteiger charge is -2.32. The summed E-state index contributed by atoms with van der Waals surface area (Å²) in [7, 11) is 1.62. The minimum atomic E-state index is -0.0307. The minimum absolute atomic E-state index is 0.0307. The summed E-state index contributed by atoms with van der Waals surface area (Å²) in [5.74, 6) is 1.32. The van der Waals surface area contributed by atoms with Gasteiger partial charge in [-0.05, 0) is 56.0 Å². The van der Waals surface area contributed by atoms with Gasteiger partial charge in [0.1, 0.15) is 5.75 Å². The lowest BCUT2D eigenvalue weighted by molar-refractivity contribution is 0.175. The van der Waals surface area contributed by atoms with Crippen LogP contribution in [0.15, 0.2) is 24.3 Å². The number of ether oxygens (including phenoxy) is 1. The number of nitrogens with one attached hydrogen (secondary N) is 1. The Morgan fingerprint density at radius 1 is 1.45 bits per heavy atom. The molecule has 1 aromatic rings. The number of hydrogen-bond acceptors (Lipinski definition) is 3. The van der Waals surface area contributed by atoms with E-state index in [1.807, 2.05) is 29.2 Å². The summed E-state index contributed by atoms with van der Waals surface area (Å²) < 4.78 is 5.10. The van der Waals surface area contributed by atoms with E-state index in [-0.39, 0.29) is 6.03 Å². The third kappa shape index (κ3) is 3.87. The molecule has 1 atom stereocenters. The van der Waals surface area contributed by atoms with Gasteiger partial charge in [-0.1, -0.05) is 0 Å². The van der Waals surface area contributed by atoms with E-state index >= 15 is 0 Å². The molecule has 2 rings (SSSR count). The maximum atomic E-state index is 12.2. The van der Waals surface area contributed by atoms with E-state index in [1.165, 1.54) is 6.42 Å². The summed E-state index contributed by atoms with van der Waals surface area (Å²) in [5, 5.41) is 2.93. The molecule has 0 saturated carbocycles. The zero-order chi connectivity index (χ0) is 14.4. The molecule has 20 heavy (non-hydrogen) atoms. The van der Waals surface area contributed by atoms with E-state index in [2.05, 4.69) is 5.32 Å². The van der Waals surface area contributed by atoms with Gasteiger partial charge in [0.15, 0.2) is 0 Å². The first-order chi connectivity index (χ1) is 9.72. The van der Waals surface area contributed by atoms with E-state index in [0.29, 0.717) is 12.5 Å². The number of nitrogens with zero attached hydrogens (tertiary/aromatic N) is 1. The van der Waals surface area contributed by atoms with Crippen LogP contribution in [0.25, 0.3) is 0 Å². The predicted molar refractivity (Wildman–Crippen MR) is 80.0 cm³/mol. The highest BCUT2D eigenvalue weighted by atomic mass is 16.5. The third-order valence-electron chi connectivity index (χ3n) is 3.72. The Morgan fingerprint density at radius 2 is 2.20 bits per heavy atom. The van der Waals surface area contributed by atoms with Crippen LogP contribution in [0.2, 0.25) is 0 Å². The van der Waals surface area contributed by atoms with Crippen LogP contribution in [-0.2, 0) is 0 Å². The summed E-state index contributed by atoms with van der Waals surface area (Å²) >= 11 is 0. The van der Waals surface area contributed by atoms with Crippen molar-refractivity contribution in [1.29, 1.82) is 0 Å².